The zero-order valence-corrected chi connectivity index (χ0v) is 25.6. The quantitative estimate of drug-likeness (QED) is 0.332. The summed E-state index contributed by atoms with van der Waals surface area (Å²) < 4.78 is 15.0. The normalized spacial score (nSPS) is 21.4. The van der Waals surface area contributed by atoms with Crippen molar-refractivity contribution in [2.75, 3.05) is 18.4 Å². The molecule has 0 aliphatic carbocycles. The Bertz CT molecular complexity index is 1410. The molecule has 2 aliphatic rings. The van der Waals surface area contributed by atoms with Gasteiger partial charge in [0.25, 0.3) is 5.91 Å². The van der Waals surface area contributed by atoms with Gasteiger partial charge in [0.15, 0.2) is 0 Å². The lowest BCUT2D eigenvalue weighted by molar-refractivity contribution is -0.123. The van der Waals surface area contributed by atoms with Crippen LogP contribution in [0.4, 0.5) is 10.1 Å². The van der Waals surface area contributed by atoms with Crippen LogP contribution in [-0.2, 0) is 16.8 Å². The molecule has 2 amide bonds. The lowest BCUT2D eigenvalue weighted by Gasteiger charge is -2.41. The van der Waals surface area contributed by atoms with E-state index in [9.17, 15) is 9.59 Å². The molecular weight excluding hydrogens is 525 g/mol. The Morgan fingerprint density at radius 3 is 2.33 bits per heavy atom. The fourth-order valence-corrected chi connectivity index (χ4v) is 6.54. The zero-order chi connectivity index (χ0) is 30.0. The van der Waals surface area contributed by atoms with Crippen LogP contribution in [0, 0.1) is 18.7 Å². The number of likely N-dealkylation sites (tertiary alicyclic amines) is 2. The molecule has 2 aliphatic heterocycles. The van der Waals surface area contributed by atoms with Crippen molar-refractivity contribution in [1.29, 1.82) is 0 Å². The highest BCUT2D eigenvalue weighted by molar-refractivity contribution is 5.98. The molecule has 3 aromatic carbocycles. The number of hydrogen-bond acceptors (Lipinski definition) is 3. The summed E-state index contributed by atoms with van der Waals surface area (Å²) >= 11 is 0. The minimum atomic E-state index is -0.528. The smallest absolute Gasteiger partial charge is 0.257 e. The van der Waals surface area contributed by atoms with Gasteiger partial charge in [-0.2, -0.15) is 0 Å². The third-order valence-electron chi connectivity index (χ3n) is 9.06. The molecule has 5 nitrogen and oxygen atoms in total. The van der Waals surface area contributed by atoms with Crippen molar-refractivity contribution in [2.45, 2.75) is 84.3 Å². The maximum atomic E-state index is 15.0. The average molecular weight is 570 g/mol. The van der Waals surface area contributed by atoms with Crippen molar-refractivity contribution in [3.63, 3.8) is 0 Å². The summed E-state index contributed by atoms with van der Waals surface area (Å²) in [6.07, 6.45) is 3.76. The van der Waals surface area contributed by atoms with Gasteiger partial charge in [-0.1, -0.05) is 69.3 Å². The van der Waals surface area contributed by atoms with Crippen LogP contribution in [0.2, 0.25) is 0 Å². The van der Waals surface area contributed by atoms with E-state index in [-0.39, 0.29) is 22.8 Å². The Balaban J connectivity index is 1.47. The maximum absolute atomic E-state index is 15.0. The van der Waals surface area contributed by atoms with Gasteiger partial charge in [-0.3, -0.25) is 14.5 Å². The molecule has 42 heavy (non-hydrogen) atoms. The highest BCUT2D eigenvalue weighted by atomic mass is 19.1. The van der Waals surface area contributed by atoms with E-state index in [2.05, 4.69) is 68.2 Å². The number of nitrogens with one attached hydrogen (secondary N) is 1. The van der Waals surface area contributed by atoms with Crippen LogP contribution in [0.1, 0.15) is 92.0 Å². The molecule has 2 heterocycles. The number of nitrogens with zero attached hydrogens (tertiary/aromatic N) is 2. The lowest BCUT2D eigenvalue weighted by Crippen LogP contribution is -2.46. The average Bonchev–Trinajstić information content (AvgIpc) is 3.36. The molecule has 222 valence electrons. The van der Waals surface area contributed by atoms with Crippen LogP contribution >= 0.6 is 0 Å². The second kappa shape index (κ2) is 12.4. The number of benzene rings is 3. The Labute approximate surface area is 250 Å². The molecule has 0 spiro atoms. The van der Waals surface area contributed by atoms with E-state index in [1.807, 2.05) is 18.2 Å². The summed E-state index contributed by atoms with van der Waals surface area (Å²) in [6.45, 7) is 12.9. The Morgan fingerprint density at radius 1 is 0.952 bits per heavy atom. The zero-order valence-electron chi connectivity index (χ0n) is 25.6. The highest BCUT2D eigenvalue weighted by Crippen LogP contribution is 2.39. The first-order valence-corrected chi connectivity index (χ1v) is 15.3. The predicted molar refractivity (Wildman–Crippen MR) is 167 cm³/mol. The van der Waals surface area contributed by atoms with E-state index in [0.717, 1.165) is 29.9 Å². The molecule has 0 unspecified atom stereocenters. The topological polar surface area (TPSA) is 52.7 Å². The van der Waals surface area contributed by atoms with Gasteiger partial charge in [0.05, 0.1) is 17.5 Å². The molecule has 0 radical (unpaired) electrons. The largest absolute Gasteiger partial charge is 0.331 e. The number of anilines is 1. The third kappa shape index (κ3) is 6.44. The molecular formula is C36H44FN3O2. The molecule has 6 heteroatoms. The van der Waals surface area contributed by atoms with Gasteiger partial charge in [-0.25, -0.2) is 4.39 Å². The van der Waals surface area contributed by atoms with Crippen LogP contribution in [0.25, 0.3) is 0 Å². The third-order valence-corrected chi connectivity index (χ3v) is 9.06. The van der Waals surface area contributed by atoms with Gasteiger partial charge >= 0.3 is 0 Å². The van der Waals surface area contributed by atoms with Crippen LogP contribution in [-0.4, -0.2) is 40.7 Å². The van der Waals surface area contributed by atoms with Gasteiger partial charge in [-0.15, -0.1) is 0 Å². The minimum Gasteiger partial charge on any atom is -0.331 e. The number of carbonyl (C=O) groups excluding carboxylic acids is 2. The number of halogens is 1. The molecule has 3 aromatic rings. The van der Waals surface area contributed by atoms with Crippen LogP contribution in [0.3, 0.4) is 0 Å². The first-order valence-electron chi connectivity index (χ1n) is 15.3. The summed E-state index contributed by atoms with van der Waals surface area (Å²) in [7, 11) is 0. The predicted octanol–water partition coefficient (Wildman–Crippen LogP) is 7.65. The lowest BCUT2D eigenvalue weighted by atomic mass is 9.82. The van der Waals surface area contributed by atoms with Crippen molar-refractivity contribution >= 4 is 17.5 Å². The van der Waals surface area contributed by atoms with E-state index >= 15 is 4.39 Å². The molecule has 2 fully saturated rings. The van der Waals surface area contributed by atoms with E-state index in [4.69, 9.17) is 0 Å². The number of hydrogen-bond donors (Lipinski definition) is 1. The standard InChI is InChI=1S/C36H44FN3O2/c1-24-10-6-15-31(37)32(24)35(42)40-21-9-14-30(34(41)38-29-13-7-12-28(22-29)36(3,4)5)33(40)27-18-16-26(17-19-27)23-39-20-8-11-25(39)2/h6-7,10,12-13,15-19,22,25,30,33H,8-9,11,14,20-21,23H2,1-5H3,(H,38,41)/t25-,30+,33+/m1/s1. The fraction of sp³-hybridized carbons (Fsp3) is 0.444. The molecule has 0 saturated carbocycles. The van der Waals surface area contributed by atoms with Crippen molar-refractivity contribution in [3.05, 3.63) is 100 Å². The van der Waals surface area contributed by atoms with E-state index in [1.54, 1.807) is 24.0 Å². The second-order valence-electron chi connectivity index (χ2n) is 13.1. The van der Waals surface area contributed by atoms with Gasteiger partial charge in [-0.05, 0) is 91.9 Å². The molecule has 5 rings (SSSR count). The van der Waals surface area contributed by atoms with Crippen LogP contribution < -0.4 is 5.32 Å². The minimum absolute atomic E-state index is 0.0520. The Hall–Kier alpha value is -3.51. The van der Waals surface area contributed by atoms with E-state index < -0.39 is 17.8 Å². The van der Waals surface area contributed by atoms with E-state index in [1.165, 1.54) is 24.5 Å². The number of aryl methyl sites for hydroxylation is 1. The molecule has 0 bridgehead atoms. The Morgan fingerprint density at radius 2 is 1.67 bits per heavy atom. The van der Waals surface area contributed by atoms with Crippen LogP contribution in [0.5, 0.6) is 0 Å². The summed E-state index contributed by atoms with van der Waals surface area (Å²) in [5.41, 5.74) is 4.62. The van der Waals surface area contributed by atoms with Gasteiger partial charge in [0.2, 0.25) is 5.91 Å². The first-order chi connectivity index (χ1) is 20.0. The van der Waals surface area contributed by atoms with Crippen molar-refractivity contribution < 1.29 is 14.0 Å². The summed E-state index contributed by atoms with van der Waals surface area (Å²) in [4.78, 5) is 32.2. The molecule has 3 atom stereocenters. The van der Waals surface area contributed by atoms with Crippen LogP contribution in [0.15, 0.2) is 66.7 Å². The number of carbonyl (C=O) groups is 2. The summed E-state index contributed by atoms with van der Waals surface area (Å²) in [5, 5.41) is 3.15. The van der Waals surface area contributed by atoms with Crippen molar-refractivity contribution in [3.8, 4) is 0 Å². The Kier molecular flexibility index (Phi) is 8.84. The van der Waals surface area contributed by atoms with Gasteiger partial charge in [0, 0.05) is 24.8 Å². The van der Waals surface area contributed by atoms with Crippen molar-refractivity contribution in [1.82, 2.24) is 9.80 Å². The van der Waals surface area contributed by atoms with Crippen molar-refractivity contribution in [2.24, 2.45) is 5.92 Å². The molecule has 0 aromatic heterocycles. The first kappa shape index (κ1) is 30.0. The maximum Gasteiger partial charge on any atom is 0.257 e. The number of piperidine rings is 1. The monoisotopic (exact) mass is 569 g/mol. The second-order valence-corrected chi connectivity index (χ2v) is 13.1. The fourth-order valence-electron chi connectivity index (χ4n) is 6.54. The number of amides is 2. The molecule has 2 saturated heterocycles. The van der Waals surface area contributed by atoms with Gasteiger partial charge in [0.1, 0.15) is 5.82 Å². The SMILES string of the molecule is Cc1cccc(F)c1C(=O)N1CCC[C@H](C(=O)Nc2cccc(C(C)(C)C)c2)[C@@H]1c1ccc(CN2CCC[C@H]2C)cc1. The van der Waals surface area contributed by atoms with E-state index in [0.29, 0.717) is 31.0 Å². The number of rotatable bonds is 6. The summed E-state index contributed by atoms with van der Waals surface area (Å²) in [5.74, 6) is -1.49. The van der Waals surface area contributed by atoms with Gasteiger partial charge < -0.3 is 10.2 Å². The highest BCUT2D eigenvalue weighted by Gasteiger charge is 2.40. The molecule has 1 N–H and O–H groups in total. The summed E-state index contributed by atoms with van der Waals surface area (Å²) in [6, 6.07) is 21.1.